The van der Waals surface area contributed by atoms with Crippen LogP contribution in [0.25, 0.3) is 0 Å². The van der Waals surface area contributed by atoms with Crippen LogP contribution in [0.2, 0.25) is 0 Å². The van der Waals surface area contributed by atoms with Gasteiger partial charge in [-0.15, -0.1) is 0 Å². The van der Waals surface area contributed by atoms with Gasteiger partial charge in [-0.25, -0.2) is 4.98 Å². The van der Waals surface area contributed by atoms with Crippen molar-refractivity contribution in [2.24, 2.45) is 4.99 Å². The number of aromatic nitrogens is 3. The lowest BCUT2D eigenvalue weighted by atomic mass is 10.1. The van der Waals surface area contributed by atoms with Gasteiger partial charge >= 0.3 is 0 Å². The Morgan fingerprint density at radius 3 is 2.41 bits per heavy atom. The highest BCUT2D eigenvalue weighted by atomic mass is 15.3. The van der Waals surface area contributed by atoms with Gasteiger partial charge in [0.1, 0.15) is 5.82 Å². The van der Waals surface area contributed by atoms with Gasteiger partial charge in [0.15, 0.2) is 5.96 Å². The Kier molecular flexibility index (Phi) is 7.74. The van der Waals surface area contributed by atoms with E-state index in [9.17, 15) is 0 Å². The Morgan fingerprint density at radius 1 is 0.938 bits per heavy atom. The van der Waals surface area contributed by atoms with Crippen LogP contribution in [0.15, 0.2) is 66.0 Å². The molecule has 0 spiro atoms. The van der Waals surface area contributed by atoms with Crippen LogP contribution in [-0.2, 0) is 19.6 Å². The molecule has 3 aromatic rings. The molecule has 2 N–H and O–H groups in total. The number of hydrogen-bond acceptors (Lipinski definition) is 4. The minimum Gasteiger partial charge on any atom is -0.357 e. The van der Waals surface area contributed by atoms with Crippen LogP contribution in [0.5, 0.6) is 0 Å². The smallest absolute Gasteiger partial charge is 0.191 e. The number of pyridine rings is 1. The third-order valence-electron chi connectivity index (χ3n) is 5.88. The van der Waals surface area contributed by atoms with Crippen molar-refractivity contribution in [3.63, 3.8) is 0 Å². The summed E-state index contributed by atoms with van der Waals surface area (Å²) in [6.45, 7) is 4.36. The summed E-state index contributed by atoms with van der Waals surface area (Å²) >= 11 is 0. The van der Waals surface area contributed by atoms with E-state index in [-0.39, 0.29) is 0 Å². The molecule has 0 atom stereocenters. The third kappa shape index (κ3) is 6.09. The summed E-state index contributed by atoms with van der Waals surface area (Å²) in [7, 11) is 1.80. The van der Waals surface area contributed by atoms with Crippen molar-refractivity contribution in [2.75, 3.05) is 25.0 Å². The number of nitrogens with zero attached hydrogens (tertiary/aromatic N) is 5. The monoisotopic (exact) mass is 431 g/mol. The topological polar surface area (TPSA) is 70.4 Å². The molecule has 0 aliphatic carbocycles. The average molecular weight is 432 g/mol. The van der Waals surface area contributed by atoms with Crippen LogP contribution < -0.4 is 15.5 Å². The zero-order valence-electron chi connectivity index (χ0n) is 18.9. The first-order valence-electron chi connectivity index (χ1n) is 11.5. The van der Waals surface area contributed by atoms with Crippen molar-refractivity contribution >= 4 is 11.8 Å². The second-order valence-corrected chi connectivity index (χ2v) is 8.18. The summed E-state index contributed by atoms with van der Waals surface area (Å²) in [4.78, 5) is 11.5. The van der Waals surface area contributed by atoms with Crippen molar-refractivity contribution in [1.82, 2.24) is 25.4 Å². The molecule has 1 aliphatic heterocycles. The molecular weight excluding hydrogens is 398 g/mol. The van der Waals surface area contributed by atoms with Crippen molar-refractivity contribution in [3.05, 3.63) is 77.7 Å². The lowest BCUT2D eigenvalue weighted by Crippen LogP contribution is -2.36. The van der Waals surface area contributed by atoms with E-state index < -0.39 is 0 Å². The Bertz CT molecular complexity index is 972. The molecule has 32 heavy (non-hydrogen) atoms. The largest absolute Gasteiger partial charge is 0.357 e. The van der Waals surface area contributed by atoms with Crippen LogP contribution in [0.1, 0.15) is 42.4 Å². The Hall–Kier alpha value is -3.35. The SMILES string of the molecule is CN=C(NCc1ccc(N2CCCCCC2)nc1)NCc1ccccc1Cn1cccn1. The Balaban J connectivity index is 1.29. The van der Waals surface area contributed by atoms with Crippen molar-refractivity contribution in [3.8, 4) is 0 Å². The van der Waals surface area contributed by atoms with E-state index in [1.54, 1.807) is 7.05 Å². The van der Waals surface area contributed by atoms with Gasteiger partial charge in [-0.1, -0.05) is 43.2 Å². The predicted molar refractivity (Wildman–Crippen MR) is 130 cm³/mol. The van der Waals surface area contributed by atoms with Gasteiger partial charge in [-0.3, -0.25) is 9.67 Å². The zero-order chi connectivity index (χ0) is 22.0. The number of aliphatic imine (C=N–C) groups is 1. The molecule has 168 valence electrons. The molecule has 4 rings (SSSR count). The number of benzene rings is 1. The first-order chi connectivity index (χ1) is 15.8. The molecule has 0 saturated carbocycles. The standard InChI is InChI=1S/C25H33N7/c1-26-25(29-19-22-9-4-5-10-23(22)20-32-16-8-13-30-32)28-18-21-11-12-24(27-17-21)31-14-6-2-3-7-15-31/h4-5,8-13,16-17H,2-3,6-7,14-15,18-20H2,1H3,(H2,26,28,29). The number of rotatable bonds is 7. The summed E-state index contributed by atoms with van der Waals surface area (Å²) < 4.78 is 1.94. The number of hydrogen-bond donors (Lipinski definition) is 2. The van der Waals surface area contributed by atoms with E-state index in [0.29, 0.717) is 13.1 Å². The molecule has 7 nitrogen and oxygen atoms in total. The van der Waals surface area contributed by atoms with Crippen LogP contribution in [0.4, 0.5) is 5.82 Å². The van der Waals surface area contributed by atoms with Gasteiger partial charge in [-0.05, 0) is 41.7 Å². The molecule has 1 aliphatic rings. The predicted octanol–water partition coefficient (Wildman–Crippen LogP) is 3.57. The van der Waals surface area contributed by atoms with E-state index in [4.69, 9.17) is 4.98 Å². The molecule has 3 heterocycles. The van der Waals surface area contributed by atoms with E-state index in [1.165, 1.54) is 36.8 Å². The minimum absolute atomic E-state index is 0.682. The van der Waals surface area contributed by atoms with Gasteiger partial charge in [0.05, 0.1) is 6.54 Å². The van der Waals surface area contributed by atoms with Gasteiger partial charge in [0, 0.05) is 51.8 Å². The van der Waals surface area contributed by atoms with Gasteiger partial charge < -0.3 is 15.5 Å². The third-order valence-corrected chi connectivity index (χ3v) is 5.88. The van der Waals surface area contributed by atoms with E-state index in [1.807, 2.05) is 29.3 Å². The molecule has 2 aromatic heterocycles. The lowest BCUT2D eigenvalue weighted by molar-refractivity contribution is 0.677. The summed E-state index contributed by atoms with van der Waals surface area (Å²) in [6.07, 6.45) is 10.9. The van der Waals surface area contributed by atoms with Gasteiger partial charge in [-0.2, -0.15) is 5.10 Å². The number of anilines is 1. The highest BCUT2D eigenvalue weighted by Crippen LogP contribution is 2.17. The molecule has 0 unspecified atom stereocenters. The molecule has 7 heteroatoms. The molecule has 1 aromatic carbocycles. The van der Waals surface area contributed by atoms with Crippen molar-refractivity contribution in [2.45, 2.75) is 45.3 Å². The van der Waals surface area contributed by atoms with E-state index >= 15 is 0 Å². The molecular formula is C25H33N7. The quantitative estimate of drug-likeness (QED) is 0.442. The molecule has 0 bridgehead atoms. The fourth-order valence-electron chi connectivity index (χ4n) is 4.05. The van der Waals surface area contributed by atoms with E-state index in [0.717, 1.165) is 37.0 Å². The maximum absolute atomic E-state index is 4.71. The first-order valence-corrected chi connectivity index (χ1v) is 11.5. The van der Waals surface area contributed by atoms with Crippen LogP contribution in [-0.4, -0.2) is 40.9 Å². The maximum Gasteiger partial charge on any atom is 0.191 e. The summed E-state index contributed by atoms with van der Waals surface area (Å²) in [5.41, 5.74) is 3.62. The normalized spacial score (nSPS) is 14.8. The maximum atomic E-state index is 4.71. The van der Waals surface area contributed by atoms with Gasteiger partial charge in [0.2, 0.25) is 0 Å². The number of nitrogens with one attached hydrogen (secondary N) is 2. The fraction of sp³-hybridized carbons (Fsp3) is 0.400. The van der Waals surface area contributed by atoms with Crippen LogP contribution in [0.3, 0.4) is 0 Å². The summed E-state index contributed by atoms with van der Waals surface area (Å²) in [6, 6.07) is 14.7. The fourth-order valence-corrected chi connectivity index (χ4v) is 4.05. The van der Waals surface area contributed by atoms with E-state index in [2.05, 4.69) is 62.0 Å². The van der Waals surface area contributed by atoms with Crippen LogP contribution in [0, 0.1) is 0 Å². The summed E-state index contributed by atoms with van der Waals surface area (Å²) in [5.74, 6) is 1.86. The lowest BCUT2D eigenvalue weighted by Gasteiger charge is -2.21. The Morgan fingerprint density at radius 2 is 1.72 bits per heavy atom. The molecule has 0 amide bonds. The van der Waals surface area contributed by atoms with Gasteiger partial charge in [0.25, 0.3) is 0 Å². The second-order valence-electron chi connectivity index (χ2n) is 8.18. The summed E-state index contributed by atoms with van der Waals surface area (Å²) in [5, 5.41) is 11.1. The molecule has 1 saturated heterocycles. The average Bonchev–Trinajstić information content (AvgIpc) is 3.19. The van der Waals surface area contributed by atoms with Crippen LogP contribution >= 0.6 is 0 Å². The highest BCUT2D eigenvalue weighted by molar-refractivity contribution is 5.79. The highest BCUT2D eigenvalue weighted by Gasteiger charge is 2.11. The minimum atomic E-state index is 0.682. The Labute approximate surface area is 190 Å². The number of guanidine groups is 1. The molecule has 1 fully saturated rings. The molecule has 0 radical (unpaired) electrons. The van der Waals surface area contributed by atoms with Crippen molar-refractivity contribution in [1.29, 1.82) is 0 Å². The first kappa shape index (κ1) is 21.9. The second kappa shape index (κ2) is 11.3. The zero-order valence-corrected chi connectivity index (χ0v) is 18.9. The van der Waals surface area contributed by atoms with Crippen molar-refractivity contribution < 1.29 is 0 Å².